The Morgan fingerprint density at radius 3 is 2.06 bits per heavy atom. The number of amides is 3. The minimum absolute atomic E-state index is 0.0809. The zero-order valence-corrected chi connectivity index (χ0v) is 11.6. The predicted octanol–water partition coefficient (Wildman–Crippen LogP) is 0.347. The summed E-state index contributed by atoms with van der Waals surface area (Å²) in [6.45, 7) is 7.29. The summed E-state index contributed by atoms with van der Waals surface area (Å²) in [6.07, 6.45) is 1.24. The fraction of sp³-hybridized carbons (Fsp3) is 0.833. The van der Waals surface area contributed by atoms with Crippen LogP contribution in [0.25, 0.3) is 0 Å². The van der Waals surface area contributed by atoms with Gasteiger partial charge in [0.1, 0.15) is 6.04 Å². The molecule has 0 bridgehead atoms. The second-order valence-corrected chi connectivity index (χ2v) is 4.87. The summed E-state index contributed by atoms with van der Waals surface area (Å²) >= 11 is 0. The van der Waals surface area contributed by atoms with Gasteiger partial charge < -0.3 is 21.5 Å². The third kappa shape index (κ3) is 4.52. The van der Waals surface area contributed by atoms with Crippen molar-refractivity contribution in [2.75, 3.05) is 6.61 Å². The molecule has 0 heterocycles. The van der Waals surface area contributed by atoms with Crippen LogP contribution in [0.15, 0.2) is 0 Å². The summed E-state index contributed by atoms with van der Waals surface area (Å²) in [5.41, 5.74) is 4.42. The molecule has 18 heavy (non-hydrogen) atoms. The van der Waals surface area contributed by atoms with Crippen molar-refractivity contribution in [2.24, 2.45) is 11.7 Å². The highest BCUT2D eigenvalue weighted by molar-refractivity contribution is 5.87. The van der Waals surface area contributed by atoms with Crippen LogP contribution < -0.4 is 16.4 Å². The van der Waals surface area contributed by atoms with Gasteiger partial charge in [-0.3, -0.25) is 4.79 Å². The standard InChI is InChI=1S/C12H25N3O3/c1-5-12(6-2,7-16)15-10(17)9(8(3)4)14-11(13)18/h8-9,16H,5-7H2,1-4H3,(H,15,17)(H3,13,14,18). The number of aliphatic hydroxyl groups excluding tert-OH is 1. The number of carbonyl (C=O) groups is 2. The molecule has 0 aliphatic heterocycles. The molecule has 1 atom stereocenters. The van der Waals surface area contributed by atoms with E-state index in [0.29, 0.717) is 12.8 Å². The van der Waals surface area contributed by atoms with Crippen molar-refractivity contribution >= 4 is 11.9 Å². The number of hydrogen-bond acceptors (Lipinski definition) is 3. The van der Waals surface area contributed by atoms with Gasteiger partial charge in [-0.05, 0) is 18.8 Å². The predicted molar refractivity (Wildman–Crippen MR) is 69.9 cm³/mol. The Labute approximate surface area is 108 Å². The van der Waals surface area contributed by atoms with Crippen molar-refractivity contribution in [1.29, 1.82) is 0 Å². The summed E-state index contributed by atoms with van der Waals surface area (Å²) in [6, 6.07) is -1.42. The molecule has 3 amide bonds. The van der Waals surface area contributed by atoms with Gasteiger partial charge in [-0.25, -0.2) is 4.79 Å². The fourth-order valence-electron chi connectivity index (χ4n) is 1.72. The van der Waals surface area contributed by atoms with Gasteiger partial charge >= 0.3 is 6.03 Å². The monoisotopic (exact) mass is 259 g/mol. The zero-order valence-electron chi connectivity index (χ0n) is 11.6. The average molecular weight is 259 g/mol. The number of urea groups is 1. The smallest absolute Gasteiger partial charge is 0.312 e. The number of nitrogens with two attached hydrogens (primary N) is 1. The SMILES string of the molecule is CCC(CC)(CO)NC(=O)C(NC(N)=O)C(C)C. The molecular weight excluding hydrogens is 234 g/mol. The molecule has 1 unspecified atom stereocenters. The summed E-state index contributed by atoms with van der Waals surface area (Å²) in [5.74, 6) is -0.399. The molecule has 0 rings (SSSR count). The molecule has 0 saturated heterocycles. The van der Waals surface area contributed by atoms with E-state index in [2.05, 4.69) is 10.6 Å². The first kappa shape index (κ1) is 16.7. The third-order valence-electron chi connectivity index (χ3n) is 3.29. The topological polar surface area (TPSA) is 104 Å². The van der Waals surface area contributed by atoms with Crippen LogP contribution in [0.5, 0.6) is 0 Å². The summed E-state index contributed by atoms with van der Waals surface area (Å²) in [4.78, 5) is 23.0. The Morgan fingerprint density at radius 1 is 1.28 bits per heavy atom. The van der Waals surface area contributed by atoms with Crippen LogP contribution in [0.2, 0.25) is 0 Å². The first-order chi connectivity index (χ1) is 8.31. The highest BCUT2D eigenvalue weighted by Gasteiger charge is 2.32. The lowest BCUT2D eigenvalue weighted by atomic mass is 9.92. The minimum atomic E-state index is -0.730. The lowest BCUT2D eigenvalue weighted by molar-refractivity contribution is -0.126. The van der Waals surface area contributed by atoms with E-state index in [4.69, 9.17) is 5.73 Å². The van der Waals surface area contributed by atoms with E-state index in [1.165, 1.54) is 0 Å². The third-order valence-corrected chi connectivity index (χ3v) is 3.29. The fourth-order valence-corrected chi connectivity index (χ4v) is 1.72. The highest BCUT2D eigenvalue weighted by Crippen LogP contribution is 2.15. The molecule has 5 N–H and O–H groups in total. The van der Waals surface area contributed by atoms with Gasteiger partial charge in [0.25, 0.3) is 0 Å². The van der Waals surface area contributed by atoms with E-state index in [1.807, 2.05) is 27.7 Å². The Bertz CT molecular complexity index is 280. The van der Waals surface area contributed by atoms with E-state index in [0.717, 1.165) is 0 Å². The molecule has 0 radical (unpaired) electrons. The largest absolute Gasteiger partial charge is 0.394 e. The summed E-state index contributed by atoms with van der Waals surface area (Å²) in [7, 11) is 0. The molecule has 0 fully saturated rings. The normalized spacial score (nSPS) is 13.2. The van der Waals surface area contributed by atoms with Crippen molar-refractivity contribution in [3.8, 4) is 0 Å². The molecular formula is C12H25N3O3. The van der Waals surface area contributed by atoms with Gasteiger partial charge in [0.15, 0.2) is 0 Å². The Morgan fingerprint density at radius 2 is 1.78 bits per heavy atom. The van der Waals surface area contributed by atoms with E-state index < -0.39 is 17.6 Å². The van der Waals surface area contributed by atoms with Crippen LogP contribution in [0.3, 0.4) is 0 Å². The Balaban J connectivity index is 4.83. The number of aliphatic hydroxyl groups is 1. The minimum Gasteiger partial charge on any atom is -0.394 e. The van der Waals surface area contributed by atoms with Gasteiger partial charge in [-0.1, -0.05) is 27.7 Å². The van der Waals surface area contributed by atoms with Crippen molar-refractivity contribution in [3.63, 3.8) is 0 Å². The number of carbonyl (C=O) groups excluding carboxylic acids is 2. The van der Waals surface area contributed by atoms with Gasteiger partial charge in [-0.2, -0.15) is 0 Å². The second kappa shape index (κ2) is 7.20. The van der Waals surface area contributed by atoms with Gasteiger partial charge in [0, 0.05) is 0 Å². The highest BCUT2D eigenvalue weighted by atomic mass is 16.3. The first-order valence-electron chi connectivity index (χ1n) is 6.30. The van der Waals surface area contributed by atoms with E-state index >= 15 is 0 Å². The van der Waals surface area contributed by atoms with Gasteiger partial charge in [-0.15, -0.1) is 0 Å². The average Bonchev–Trinajstić information content (AvgIpc) is 2.32. The molecule has 6 nitrogen and oxygen atoms in total. The molecule has 0 aromatic rings. The molecule has 0 aliphatic carbocycles. The maximum atomic E-state index is 12.1. The summed E-state index contributed by atoms with van der Waals surface area (Å²) in [5, 5.41) is 14.6. The summed E-state index contributed by atoms with van der Waals surface area (Å²) < 4.78 is 0. The van der Waals surface area contributed by atoms with Crippen molar-refractivity contribution in [2.45, 2.75) is 52.1 Å². The van der Waals surface area contributed by atoms with E-state index in [9.17, 15) is 14.7 Å². The Kier molecular flexibility index (Phi) is 6.68. The quantitative estimate of drug-likeness (QED) is 0.530. The number of rotatable bonds is 7. The lowest BCUT2D eigenvalue weighted by Crippen LogP contribution is -2.58. The second-order valence-electron chi connectivity index (χ2n) is 4.87. The molecule has 0 spiro atoms. The number of nitrogens with one attached hydrogen (secondary N) is 2. The number of hydrogen-bond donors (Lipinski definition) is 4. The van der Waals surface area contributed by atoms with Crippen LogP contribution in [0.4, 0.5) is 4.79 Å². The maximum Gasteiger partial charge on any atom is 0.312 e. The number of primary amides is 1. The molecule has 0 aliphatic rings. The lowest BCUT2D eigenvalue weighted by Gasteiger charge is -2.33. The van der Waals surface area contributed by atoms with Gasteiger partial charge in [0.05, 0.1) is 12.1 Å². The van der Waals surface area contributed by atoms with E-state index in [-0.39, 0.29) is 18.4 Å². The molecule has 106 valence electrons. The molecule has 0 aromatic heterocycles. The van der Waals surface area contributed by atoms with Crippen LogP contribution in [-0.4, -0.2) is 35.2 Å². The van der Waals surface area contributed by atoms with Crippen LogP contribution in [-0.2, 0) is 4.79 Å². The van der Waals surface area contributed by atoms with E-state index in [1.54, 1.807) is 0 Å². The molecule has 6 heteroatoms. The molecule has 0 saturated carbocycles. The zero-order chi connectivity index (χ0) is 14.3. The molecule has 0 aromatic carbocycles. The maximum absolute atomic E-state index is 12.1. The van der Waals surface area contributed by atoms with Crippen LogP contribution in [0.1, 0.15) is 40.5 Å². The first-order valence-corrected chi connectivity index (χ1v) is 6.30. The van der Waals surface area contributed by atoms with Crippen LogP contribution in [0, 0.1) is 5.92 Å². The van der Waals surface area contributed by atoms with Crippen molar-refractivity contribution in [3.05, 3.63) is 0 Å². The van der Waals surface area contributed by atoms with Crippen molar-refractivity contribution < 1.29 is 14.7 Å². The van der Waals surface area contributed by atoms with Crippen LogP contribution >= 0.6 is 0 Å². The Hall–Kier alpha value is -1.30. The van der Waals surface area contributed by atoms with Gasteiger partial charge in [0.2, 0.25) is 5.91 Å². The van der Waals surface area contributed by atoms with Crippen molar-refractivity contribution in [1.82, 2.24) is 10.6 Å².